The number of aryl methyl sites for hydroxylation is 2. The van der Waals surface area contributed by atoms with Crippen molar-refractivity contribution in [1.29, 1.82) is 0 Å². The maximum atomic E-state index is 13.6. The highest BCUT2D eigenvalue weighted by atomic mass is 32.2. The van der Waals surface area contributed by atoms with Gasteiger partial charge in [0, 0.05) is 25.6 Å². The van der Waals surface area contributed by atoms with E-state index in [-0.39, 0.29) is 37.4 Å². The number of methoxy groups -OCH3 is 1. The summed E-state index contributed by atoms with van der Waals surface area (Å²) in [7, 11) is -1.95. The van der Waals surface area contributed by atoms with Crippen molar-refractivity contribution in [3.63, 3.8) is 0 Å². The van der Waals surface area contributed by atoms with Crippen LogP contribution in [-0.2, 0) is 26.2 Å². The van der Waals surface area contributed by atoms with E-state index in [1.54, 1.807) is 18.1 Å². The minimum atomic E-state index is -3.54. The molecule has 0 spiro atoms. The minimum absolute atomic E-state index is 0.00391. The summed E-state index contributed by atoms with van der Waals surface area (Å²) in [5.41, 5.74) is 3.53. The summed E-state index contributed by atoms with van der Waals surface area (Å²) < 4.78 is 31.7. The van der Waals surface area contributed by atoms with Gasteiger partial charge in [-0.15, -0.1) is 0 Å². The second kappa shape index (κ2) is 14.2. The average molecular weight is 546 g/mol. The molecule has 0 heterocycles. The number of hydrogen-bond donors (Lipinski definition) is 1. The molecule has 0 aliphatic heterocycles. The zero-order valence-electron chi connectivity index (χ0n) is 23.8. The fraction of sp³-hybridized carbons (Fsp3) is 0.517. The third-order valence-corrected chi connectivity index (χ3v) is 8.02. The van der Waals surface area contributed by atoms with Crippen molar-refractivity contribution < 1.29 is 22.7 Å². The monoisotopic (exact) mass is 545 g/mol. The van der Waals surface area contributed by atoms with Gasteiger partial charge in [0.2, 0.25) is 21.8 Å². The summed E-state index contributed by atoms with van der Waals surface area (Å²) >= 11 is 0. The molecule has 0 aliphatic carbocycles. The van der Waals surface area contributed by atoms with Crippen molar-refractivity contribution in [1.82, 2.24) is 10.2 Å². The summed E-state index contributed by atoms with van der Waals surface area (Å²) in [5.74, 6) is 0.331. The molecule has 0 fully saturated rings. The lowest BCUT2D eigenvalue weighted by atomic mass is 10.1. The van der Waals surface area contributed by atoms with E-state index < -0.39 is 16.1 Å². The lowest BCUT2D eigenvalue weighted by molar-refractivity contribution is -0.141. The fourth-order valence-electron chi connectivity index (χ4n) is 4.17. The van der Waals surface area contributed by atoms with Gasteiger partial charge in [-0.1, -0.05) is 32.0 Å². The van der Waals surface area contributed by atoms with Crippen molar-refractivity contribution in [2.45, 2.75) is 78.9 Å². The van der Waals surface area contributed by atoms with Crippen molar-refractivity contribution in [2.24, 2.45) is 0 Å². The zero-order chi connectivity index (χ0) is 28.5. The Morgan fingerprint density at radius 1 is 1.00 bits per heavy atom. The van der Waals surface area contributed by atoms with Gasteiger partial charge in [-0.05, 0) is 81.0 Å². The SMILES string of the molecule is CCC(C)NC(=O)C(CC)N(Cc1ccc(OC)cc1)C(=O)CCCN(c1ccc(C)c(C)c1)S(C)(=O)=O. The van der Waals surface area contributed by atoms with Gasteiger partial charge >= 0.3 is 0 Å². The van der Waals surface area contributed by atoms with Gasteiger partial charge in [0.05, 0.1) is 19.1 Å². The molecule has 8 nitrogen and oxygen atoms in total. The molecule has 2 amide bonds. The Bertz CT molecular complexity index is 1180. The number of anilines is 1. The van der Waals surface area contributed by atoms with Gasteiger partial charge in [-0.2, -0.15) is 0 Å². The van der Waals surface area contributed by atoms with Crippen molar-refractivity contribution >= 4 is 27.5 Å². The smallest absolute Gasteiger partial charge is 0.243 e. The maximum absolute atomic E-state index is 13.6. The molecule has 2 aromatic carbocycles. The summed E-state index contributed by atoms with van der Waals surface area (Å²) in [4.78, 5) is 28.3. The third-order valence-electron chi connectivity index (χ3n) is 6.83. The van der Waals surface area contributed by atoms with Crippen LogP contribution in [0.4, 0.5) is 5.69 Å². The molecule has 38 heavy (non-hydrogen) atoms. The van der Waals surface area contributed by atoms with Crippen LogP contribution in [0.1, 0.15) is 63.1 Å². The molecule has 210 valence electrons. The lowest BCUT2D eigenvalue weighted by Crippen LogP contribution is -2.50. The number of sulfonamides is 1. The molecule has 2 aromatic rings. The molecule has 0 saturated carbocycles. The number of amides is 2. The van der Waals surface area contributed by atoms with E-state index >= 15 is 0 Å². The molecular weight excluding hydrogens is 502 g/mol. The van der Waals surface area contributed by atoms with Crippen LogP contribution in [-0.4, -0.2) is 57.1 Å². The zero-order valence-corrected chi connectivity index (χ0v) is 24.6. The quantitative estimate of drug-likeness (QED) is 0.375. The summed E-state index contributed by atoms with van der Waals surface area (Å²) in [6, 6.07) is 12.3. The first kappa shape index (κ1) is 31.1. The van der Waals surface area contributed by atoms with Crippen LogP contribution in [0.3, 0.4) is 0 Å². The highest BCUT2D eigenvalue weighted by Crippen LogP contribution is 2.23. The standard InChI is InChI=1S/C29H43N3O5S/c1-8-23(5)30-29(34)27(9-2)31(20-24-13-16-26(37-6)17-14-24)28(33)11-10-18-32(38(7,35)36)25-15-12-21(3)22(4)19-25/h12-17,19,23,27H,8-11,18,20H2,1-7H3,(H,30,34). The minimum Gasteiger partial charge on any atom is -0.497 e. The highest BCUT2D eigenvalue weighted by Gasteiger charge is 2.29. The Hall–Kier alpha value is -3.07. The Morgan fingerprint density at radius 2 is 1.66 bits per heavy atom. The molecule has 1 N–H and O–H groups in total. The summed E-state index contributed by atoms with van der Waals surface area (Å²) in [6.07, 6.45) is 2.85. The van der Waals surface area contributed by atoms with E-state index in [4.69, 9.17) is 4.74 Å². The normalized spacial score (nSPS) is 12.9. The third kappa shape index (κ3) is 8.75. The topological polar surface area (TPSA) is 96.0 Å². The predicted octanol–water partition coefficient (Wildman–Crippen LogP) is 4.58. The average Bonchev–Trinajstić information content (AvgIpc) is 2.87. The van der Waals surface area contributed by atoms with Crippen LogP contribution in [0.2, 0.25) is 0 Å². The number of ether oxygens (including phenoxy) is 1. The molecule has 0 aliphatic rings. The number of nitrogens with zero attached hydrogens (tertiary/aromatic N) is 2. The number of nitrogens with one attached hydrogen (secondary N) is 1. The molecular formula is C29H43N3O5S. The van der Waals surface area contributed by atoms with Gasteiger partial charge in [-0.3, -0.25) is 13.9 Å². The summed E-state index contributed by atoms with van der Waals surface area (Å²) in [6.45, 7) is 10.2. The van der Waals surface area contributed by atoms with Crippen molar-refractivity contribution in [3.8, 4) is 5.75 Å². The van der Waals surface area contributed by atoms with Crippen LogP contribution in [0.25, 0.3) is 0 Å². The second-order valence-electron chi connectivity index (χ2n) is 9.82. The molecule has 0 bridgehead atoms. The van der Waals surface area contributed by atoms with Gasteiger partial charge < -0.3 is 15.0 Å². The molecule has 0 saturated heterocycles. The largest absolute Gasteiger partial charge is 0.497 e. The van der Waals surface area contributed by atoms with E-state index in [1.165, 1.54) is 10.6 Å². The van der Waals surface area contributed by atoms with Crippen molar-refractivity contribution in [3.05, 3.63) is 59.2 Å². The van der Waals surface area contributed by atoms with Gasteiger partial charge in [0.1, 0.15) is 11.8 Å². The lowest BCUT2D eigenvalue weighted by Gasteiger charge is -2.32. The van der Waals surface area contributed by atoms with Crippen LogP contribution in [0, 0.1) is 13.8 Å². The highest BCUT2D eigenvalue weighted by molar-refractivity contribution is 7.92. The number of carbonyl (C=O) groups excluding carboxylic acids is 2. The number of benzene rings is 2. The van der Waals surface area contributed by atoms with Crippen LogP contribution in [0.15, 0.2) is 42.5 Å². The van der Waals surface area contributed by atoms with E-state index in [9.17, 15) is 18.0 Å². The predicted molar refractivity (Wildman–Crippen MR) is 153 cm³/mol. The van der Waals surface area contributed by atoms with E-state index in [1.807, 2.05) is 71.0 Å². The van der Waals surface area contributed by atoms with Gasteiger partial charge in [-0.25, -0.2) is 8.42 Å². The van der Waals surface area contributed by atoms with Gasteiger partial charge in [0.15, 0.2) is 0 Å². The van der Waals surface area contributed by atoms with E-state index in [0.29, 0.717) is 24.3 Å². The second-order valence-corrected chi connectivity index (χ2v) is 11.7. The Labute approximate surface area is 228 Å². The number of rotatable bonds is 14. The first-order valence-corrected chi connectivity index (χ1v) is 15.0. The first-order valence-electron chi connectivity index (χ1n) is 13.2. The van der Waals surface area contributed by atoms with Crippen molar-refractivity contribution in [2.75, 3.05) is 24.2 Å². The molecule has 9 heteroatoms. The van der Waals surface area contributed by atoms with Crippen LogP contribution >= 0.6 is 0 Å². The van der Waals surface area contributed by atoms with Crippen LogP contribution < -0.4 is 14.4 Å². The van der Waals surface area contributed by atoms with Gasteiger partial charge in [0.25, 0.3) is 0 Å². The Balaban J connectivity index is 2.24. The van der Waals surface area contributed by atoms with E-state index in [0.717, 1.165) is 23.1 Å². The molecule has 2 unspecified atom stereocenters. The molecule has 2 rings (SSSR count). The maximum Gasteiger partial charge on any atom is 0.243 e. The Morgan fingerprint density at radius 3 is 2.18 bits per heavy atom. The molecule has 2 atom stereocenters. The summed E-state index contributed by atoms with van der Waals surface area (Å²) in [5, 5.41) is 3.01. The fourth-order valence-corrected chi connectivity index (χ4v) is 5.13. The van der Waals surface area contributed by atoms with Crippen LogP contribution in [0.5, 0.6) is 5.75 Å². The first-order chi connectivity index (χ1) is 17.9. The molecule has 0 radical (unpaired) electrons. The number of carbonyl (C=O) groups is 2. The Kier molecular flexibility index (Phi) is 11.6. The molecule has 0 aromatic heterocycles. The van der Waals surface area contributed by atoms with E-state index in [2.05, 4.69) is 5.32 Å². The number of hydrogen-bond acceptors (Lipinski definition) is 5.